The highest BCUT2D eigenvalue weighted by Gasteiger charge is 2.59. The first-order valence-electron chi connectivity index (χ1n) is 13.7. The van der Waals surface area contributed by atoms with Crippen molar-refractivity contribution in [3.8, 4) is 0 Å². The van der Waals surface area contributed by atoms with Crippen LogP contribution in [0.4, 0.5) is 0 Å². The number of rotatable bonds is 7. The van der Waals surface area contributed by atoms with Crippen LogP contribution in [0.25, 0.3) is 0 Å². The number of hydrogen-bond donors (Lipinski definition) is 1. The van der Waals surface area contributed by atoms with Crippen LogP contribution >= 0.6 is 31.1 Å². The summed E-state index contributed by atoms with van der Waals surface area (Å²) >= 11 is 4.07. The fourth-order valence-electron chi connectivity index (χ4n) is 6.67. The molecule has 2 aromatic rings. The van der Waals surface area contributed by atoms with Crippen molar-refractivity contribution in [1.82, 2.24) is 14.4 Å². The Kier molecular flexibility index (Phi) is 8.32. The molecule has 1 saturated carbocycles. The molecule has 5 rings (SSSR count). The van der Waals surface area contributed by atoms with E-state index in [4.69, 9.17) is 0 Å². The number of hydrogen-bond acceptors (Lipinski definition) is 3. The Labute approximate surface area is 226 Å². The summed E-state index contributed by atoms with van der Waals surface area (Å²) in [4.78, 5) is 0. The van der Waals surface area contributed by atoms with Gasteiger partial charge in [-0.15, -0.1) is 23.5 Å². The molecule has 0 spiro atoms. The Morgan fingerprint density at radius 3 is 1.81 bits per heavy atom. The molecule has 196 valence electrons. The summed E-state index contributed by atoms with van der Waals surface area (Å²) in [6.07, 6.45) is 5.96. The van der Waals surface area contributed by atoms with Crippen LogP contribution in [-0.4, -0.2) is 45.0 Å². The molecule has 2 aliphatic heterocycles. The molecular weight excluding hydrogens is 501 g/mol. The Morgan fingerprint density at radius 1 is 0.806 bits per heavy atom. The Bertz CT molecular complexity index is 1020. The summed E-state index contributed by atoms with van der Waals surface area (Å²) in [7, 11) is -3.07. The summed E-state index contributed by atoms with van der Waals surface area (Å²) in [5, 5.41) is 4.00. The fourth-order valence-corrected chi connectivity index (χ4v) is 14.1. The van der Waals surface area contributed by atoms with Gasteiger partial charge in [-0.3, -0.25) is 4.57 Å². The lowest BCUT2D eigenvalue weighted by Crippen LogP contribution is -2.44. The molecule has 0 radical (unpaired) electrons. The molecule has 0 amide bonds. The zero-order chi connectivity index (χ0) is 25.3. The number of nitrogens with zero attached hydrogens (tertiary/aromatic N) is 2. The van der Waals surface area contributed by atoms with Gasteiger partial charge in [0.2, 0.25) is 0 Å². The van der Waals surface area contributed by atoms with Gasteiger partial charge in [0.15, 0.2) is 0 Å². The van der Waals surface area contributed by atoms with Crippen molar-refractivity contribution in [3.05, 3.63) is 71.8 Å². The zero-order valence-corrected chi connectivity index (χ0v) is 24.7. The average molecular weight is 544 g/mol. The maximum Gasteiger partial charge on any atom is 0.285 e. The zero-order valence-electron chi connectivity index (χ0n) is 22.2. The van der Waals surface area contributed by atoms with Crippen LogP contribution in [0.3, 0.4) is 0 Å². The van der Waals surface area contributed by atoms with Gasteiger partial charge >= 0.3 is 0 Å². The molecule has 2 saturated heterocycles. The van der Waals surface area contributed by atoms with E-state index in [2.05, 4.69) is 103 Å². The standard InChI is InChI=1S/C29H42N3OPS2/c1-22(2)31-26-18-11-12-19-27(26)32(23(3)4)34(31,33)30-28(24-14-7-5-8-15-24)29(35-20-13-21-36-29)25-16-9-6-10-17-25/h5-10,14-17,22-23,26-28H,11-13,18-21H2,1-4H3,(H,30,33)/t26-,27-,28-/m1/s1. The van der Waals surface area contributed by atoms with Gasteiger partial charge in [0.05, 0.1) is 6.04 Å². The third-order valence-corrected chi connectivity index (χ3v) is 14.8. The summed E-state index contributed by atoms with van der Waals surface area (Å²) in [5.74, 6) is 2.23. The number of thioether (sulfide) groups is 2. The van der Waals surface area contributed by atoms with Gasteiger partial charge < -0.3 is 0 Å². The van der Waals surface area contributed by atoms with E-state index in [1.54, 1.807) is 0 Å². The first-order valence-corrected chi connectivity index (χ1v) is 17.3. The molecule has 3 aliphatic rings. The molecule has 1 aliphatic carbocycles. The molecule has 2 aromatic carbocycles. The molecule has 0 aromatic heterocycles. The Hall–Kier alpha value is -0.750. The normalized spacial score (nSPS) is 27.3. The molecule has 4 nitrogen and oxygen atoms in total. The lowest BCUT2D eigenvalue weighted by atomic mass is 9.89. The monoisotopic (exact) mass is 543 g/mol. The van der Waals surface area contributed by atoms with E-state index < -0.39 is 7.59 Å². The summed E-state index contributed by atoms with van der Waals surface area (Å²) in [6, 6.07) is 22.8. The maximum absolute atomic E-state index is 15.6. The van der Waals surface area contributed by atoms with Crippen molar-refractivity contribution in [3.63, 3.8) is 0 Å². The predicted molar refractivity (Wildman–Crippen MR) is 158 cm³/mol. The highest BCUT2D eigenvalue weighted by atomic mass is 32.2. The topological polar surface area (TPSA) is 35.6 Å². The number of nitrogens with one attached hydrogen (secondary N) is 1. The predicted octanol–water partition coefficient (Wildman–Crippen LogP) is 7.89. The maximum atomic E-state index is 15.6. The summed E-state index contributed by atoms with van der Waals surface area (Å²) in [5.41, 5.74) is 2.54. The highest BCUT2D eigenvalue weighted by molar-refractivity contribution is 8.18. The number of benzene rings is 2. The average Bonchev–Trinajstić information content (AvgIpc) is 3.17. The minimum Gasteiger partial charge on any atom is -0.270 e. The lowest BCUT2D eigenvalue weighted by Gasteiger charge is -2.47. The van der Waals surface area contributed by atoms with Crippen LogP contribution in [-0.2, 0) is 8.64 Å². The third-order valence-electron chi connectivity index (χ3n) is 7.97. The second-order valence-corrected chi connectivity index (χ2v) is 16.2. The molecule has 7 heteroatoms. The molecule has 0 unspecified atom stereocenters. The third kappa shape index (κ3) is 4.76. The van der Waals surface area contributed by atoms with Gasteiger partial charge in [-0.2, -0.15) is 0 Å². The van der Waals surface area contributed by atoms with Crippen LogP contribution in [0.5, 0.6) is 0 Å². The molecule has 0 bridgehead atoms. The minimum absolute atomic E-state index is 0.0788. The molecule has 2 heterocycles. The van der Waals surface area contributed by atoms with E-state index in [1.807, 2.05) is 23.5 Å². The molecule has 36 heavy (non-hydrogen) atoms. The van der Waals surface area contributed by atoms with E-state index in [1.165, 1.54) is 30.4 Å². The first-order chi connectivity index (χ1) is 17.4. The Morgan fingerprint density at radius 2 is 1.31 bits per heavy atom. The number of fused-ring (bicyclic) bond motifs is 1. The van der Waals surface area contributed by atoms with Crippen LogP contribution in [0.1, 0.15) is 77.0 Å². The summed E-state index contributed by atoms with van der Waals surface area (Å²) < 4.78 is 20.2. The van der Waals surface area contributed by atoms with Crippen molar-refractivity contribution < 1.29 is 4.57 Å². The van der Waals surface area contributed by atoms with Gasteiger partial charge in [0, 0.05) is 24.2 Å². The van der Waals surface area contributed by atoms with Crippen molar-refractivity contribution in [2.75, 3.05) is 11.5 Å². The van der Waals surface area contributed by atoms with Crippen LogP contribution < -0.4 is 5.09 Å². The molecule has 3 atom stereocenters. The van der Waals surface area contributed by atoms with Crippen molar-refractivity contribution >= 4 is 31.1 Å². The van der Waals surface area contributed by atoms with Gasteiger partial charge in [-0.25, -0.2) is 14.4 Å². The van der Waals surface area contributed by atoms with Gasteiger partial charge in [-0.05, 0) is 69.6 Å². The molecule has 1 N–H and O–H groups in total. The fraction of sp³-hybridized carbons (Fsp3) is 0.586. The van der Waals surface area contributed by atoms with Gasteiger partial charge in [-0.1, -0.05) is 73.5 Å². The van der Waals surface area contributed by atoms with E-state index >= 15 is 4.57 Å². The quantitative estimate of drug-likeness (QED) is 0.358. The Balaban J connectivity index is 1.66. The second kappa shape index (κ2) is 11.2. The highest BCUT2D eigenvalue weighted by Crippen LogP contribution is 2.67. The van der Waals surface area contributed by atoms with Gasteiger partial charge in [0.25, 0.3) is 7.59 Å². The van der Waals surface area contributed by atoms with Gasteiger partial charge in [0.1, 0.15) is 4.08 Å². The van der Waals surface area contributed by atoms with E-state index in [9.17, 15) is 0 Å². The van der Waals surface area contributed by atoms with E-state index in [0.717, 1.165) is 24.3 Å². The van der Waals surface area contributed by atoms with Crippen LogP contribution in [0.15, 0.2) is 60.7 Å². The molecular formula is C29H42N3OPS2. The van der Waals surface area contributed by atoms with Crippen molar-refractivity contribution in [2.45, 2.75) is 94.1 Å². The van der Waals surface area contributed by atoms with E-state index in [-0.39, 0.29) is 22.2 Å². The van der Waals surface area contributed by atoms with Crippen LogP contribution in [0, 0.1) is 0 Å². The van der Waals surface area contributed by atoms with Crippen molar-refractivity contribution in [1.29, 1.82) is 0 Å². The second-order valence-electron chi connectivity index (χ2n) is 11.0. The lowest BCUT2D eigenvalue weighted by molar-refractivity contribution is 0.173. The largest absolute Gasteiger partial charge is 0.285 e. The van der Waals surface area contributed by atoms with E-state index in [0.29, 0.717) is 12.1 Å². The first kappa shape index (κ1) is 26.8. The SMILES string of the molecule is CC(C)N1[C@@H]2CCCC[C@H]2N(C(C)C)P1(=O)N[C@H](c1ccccc1)C1(c2ccccc2)SCCCS1. The smallest absolute Gasteiger partial charge is 0.270 e. The van der Waals surface area contributed by atoms with Crippen molar-refractivity contribution in [2.24, 2.45) is 0 Å². The molecule has 3 fully saturated rings. The van der Waals surface area contributed by atoms with Crippen LogP contribution in [0.2, 0.25) is 0 Å². The minimum atomic E-state index is -3.07. The summed E-state index contributed by atoms with van der Waals surface area (Å²) in [6.45, 7) is 8.94.